The number of ether oxygens (including phenoxy) is 4. The SMILES string of the molecule is Cc1ccc(C2OCO2)c(C2OCO2)c1. The molecule has 2 fully saturated rings. The Hall–Kier alpha value is -0.940. The molecule has 0 aliphatic carbocycles. The molecule has 0 aromatic heterocycles. The smallest absolute Gasteiger partial charge is 0.189 e. The summed E-state index contributed by atoms with van der Waals surface area (Å²) in [6.45, 7) is 2.77. The van der Waals surface area contributed by atoms with Crippen molar-refractivity contribution < 1.29 is 18.9 Å². The molecule has 2 saturated heterocycles. The van der Waals surface area contributed by atoms with Gasteiger partial charge < -0.3 is 18.9 Å². The zero-order chi connectivity index (χ0) is 10.3. The maximum absolute atomic E-state index is 5.30. The molecule has 2 heterocycles. The molecule has 1 aromatic carbocycles. The molecule has 0 radical (unpaired) electrons. The first-order valence-corrected chi connectivity index (χ1v) is 4.91. The van der Waals surface area contributed by atoms with E-state index in [0.29, 0.717) is 13.6 Å². The minimum absolute atomic E-state index is 0.256. The average molecular weight is 208 g/mol. The lowest BCUT2D eigenvalue weighted by molar-refractivity contribution is -0.339. The summed E-state index contributed by atoms with van der Waals surface area (Å²) < 4.78 is 21.2. The van der Waals surface area contributed by atoms with Gasteiger partial charge in [-0.2, -0.15) is 0 Å². The zero-order valence-electron chi connectivity index (χ0n) is 8.43. The third-order valence-electron chi connectivity index (χ3n) is 2.63. The molecule has 4 nitrogen and oxygen atoms in total. The first-order chi connectivity index (χ1) is 7.34. The van der Waals surface area contributed by atoms with E-state index >= 15 is 0 Å². The van der Waals surface area contributed by atoms with Crippen LogP contribution in [0.25, 0.3) is 0 Å². The molecule has 0 N–H and O–H groups in total. The predicted octanol–water partition coefficient (Wildman–Crippen LogP) is 2.00. The van der Waals surface area contributed by atoms with Crippen molar-refractivity contribution in [2.24, 2.45) is 0 Å². The maximum atomic E-state index is 5.30. The highest BCUT2D eigenvalue weighted by Crippen LogP contribution is 2.36. The maximum Gasteiger partial charge on any atom is 0.189 e. The van der Waals surface area contributed by atoms with Gasteiger partial charge in [-0.1, -0.05) is 23.8 Å². The quantitative estimate of drug-likeness (QED) is 0.744. The minimum atomic E-state index is -0.257. The molecule has 2 aliphatic rings. The highest BCUT2D eigenvalue weighted by molar-refractivity contribution is 5.34. The van der Waals surface area contributed by atoms with E-state index in [9.17, 15) is 0 Å². The van der Waals surface area contributed by atoms with Gasteiger partial charge in [-0.3, -0.25) is 0 Å². The largest absolute Gasteiger partial charge is 0.322 e. The van der Waals surface area contributed by atoms with Gasteiger partial charge in [0.1, 0.15) is 0 Å². The monoisotopic (exact) mass is 208 g/mol. The van der Waals surface area contributed by atoms with Crippen LogP contribution in [-0.4, -0.2) is 13.6 Å². The second-order valence-corrected chi connectivity index (χ2v) is 3.70. The number of rotatable bonds is 2. The summed E-state index contributed by atoms with van der Waals surface area (Å²) in [4.78, 5) is 0. The number of hydrogen-bond acceptors (Lipinski definition) is 4. The second-order valence-electron chi connectivity index (χ2n) is 3.70. The molecule has 0 amide bonds. The molecule has 2 aliphatic heterocycles. The molecular formula is C11H12O4. The highest BCUT2D eigenvalue weighted by atomic mass is 16.9. The van der Waals surface area contributed by atoms with Crippen LogP contribution in [0.1, 0.15) is 29.3 Å². The predicted molar refractivity (Wildman–Crippen MR) is 50.7 cm³/mol. The van der Waals surface area contributed by atoms with Crippen molar-refractivity contribution in [1.29, 1.82) is 0 Å². The lowest BCUT2D eigenvalue weighted by Gasteiger charge is -2.33. The lowest BCUT2D eigenvalue weighted by Crippen LogP contribution is -2.28. The Balaban J connectivity index is 1.95. The van der Waals surface area contributed by atoms with Gasteiger partial charge >= 0.3 is 0 Å². The van der Waals surface area contributed by atoms with Crippen molar-refractivity contribution in [1.82, 2.24) is 0 Å². The van der Waals surface area contributed by atoms with Crippen molar-refractivity contribution in [2.45, 2.75) is 19.5 Å². The fourth-order valence-corrected chi connectivity index (χ4v) is 1.74. The van der Waals surface area contributed by atoms with E-state index in [1.165, 1.54) is 5.56 Å². The third-order valence-corrected chi connectivity index (χ3v) is 2.63. The van der Waals surface area contributed by atoms with E-state index in [1.54, 1.807) is 0 Å². The first-order valence-electron chi connectivity index (χ1n) is 4.91. The van der Waals surface area contributed by atoms with Gasteiger partial charge in [0.05, 0.1) is 0 Å². The van der Waals surface area contributed by atoms with Crippen LogP contribution < -0.4 is 0 Å². The Morgan fingerprint density at radius 1 is 0.933 bits per heavy atom. The van der Waals surface area contributed by atoms with Crippen molar-refractivity contribution >= 4 is 0 Å². The molecule has 0 atom stereocenters. The van der Waals surface area contributed by atoms with Crippen LogP contribution in [0.5, 0.6) is 0 Å². The first kappa shape index (κ1) is 9.30. The molecule has 3 rings (SSSR count). The number of aryl methyl sites for hydroxylation is 1. The molecule has 15 heavy (non-hydrogen) atoms. The molecule has 1 aromatic rings. The van der Waals surface area contributed by atoms with Gasteiger partial charge in [0.15, 0.2) is 26.2 Å². The van der Waals surface area contributed by atoms with Crippen LogP contribution in [0.15, 0.2) is 18.2 Å². The molecular weight excluding hydrogens is 196 g/mol. The Morgan fingerprint density at radius 3 is 2.07 bits per heavy atom. The fourth-order valence-electron chi connectivity index (χ4n) is 1.74. The summed E-state index contributed by atoms with van der Waals surface area (Å²) in [7, 11) is 0. The van der Waals surface area contributed by atoms with Crippen LogP contribution in [0.2, 0.25) is 0 Å². The van der Waals surface area contributed by atoms with Crippen LogP contribution in [0.3, 0.4) is 0 Å². The van der Waals surface area contributed by atoms with Crippen molar-refractivity contribution in [3.8, 4) is 0 Å². The van der Waals surface area contributed by atoms with E-state index in [4.69, 9.17) is 18.9 Å². The van der Waals surface area contributed by atoms with E-state index < -0.39 is 0 Å². The Bertz CT molecular complexity index is 369. The zero-order valence-corrected chi connectivity index (χ0v) is 8.43. The van der Waals surface area contributed by atoms with Crippen LogP contribution in [0, 0.1) is 6.92 Å². The lowest BCUT2D eigenvalue weighted by atomic mass is 10.0. The third kappa shape index (κ3) is 1.55. The summed E-state index contributed by atoms with van der Waals surface area (Å²) >= 11 is 0. The summed E-state index contributed by atoms with van der Waals surface area (Å²) in [5, 5.41) is 0. The summed E-state index contributed by atoms with van der Waals surface area (Å²) in [6, 6.07) is 6.08. The van der Waals surface area contributed by atoms with E-state index in [-0.39, 0.29) is 12.6 Å². The molecule has 4 heteroatoms. The number of benzene rings is 1. The summed E-state index contributed by atoms with van der Waals surface area (Å²) in [6.07, 6.45) is -0.513. The van der Waals surface area contributed by atoms with E-state index in [0.717, 1.165) is 11.1 Å². The van der Waals surface area contributed by atoms with Gasteiger partial charge in [0.2, 0.25) is 0 Å². The fraction of sp³-hybridized carbons (Fsp3) is 0.455. The Labute approximate surface area is 87.7 Å². The Morgan fingerprint density at radius 2 is 1.53 bits per heavy atom. The normalized spacial score (nSPS) is 22.2. The highest BCUT2D eigenvalue weighted by Gasteiger charge is 2.30. The summed E-state index contributed by atoms with van der Waals surface area (Å²) in [5.74, 6) is 0. The standard InChI is InChI=1S/C11H12O4/c1-7-2-3-8(10-12-5-13-10)9(4-7)11-14-6-15-11/h2-4,10-11H,5-6H2,1H3. The van der Waals surface area contributed by atoms with Gasteiger partial charge in [-0.25, -0.2) is 0 Å². The topological polar surface area (TPSA) is 36.9 Å². The van der Waals surface area contributed by atoms with Crippen LogP contribution >= 0.6 is 0 Å². The summed E-state index contributed by atoms with van der Waals surface area (Å²) in [5.41, 5.74) is 3.18. The van der Waals surface area contributed by atoms with Crippen LogP contribution in [0.4, 0.5) is 0 Å². The van der Waals surface area contributed by atoms with E-state index in [2.05, 4.69) is 0 Å². The Kier molecular flexibility index (Phi) is 2.21. The van der Waals surface area contributed by atoms with Gasteiger partial charge in [-0.15, -0.1) is 0 Å². The van der Waals surface area contributed by atoms with Crippen molar-refractivity contribution in [3.05, 3.63) is 34.9 Å². The second kappa shape index (κ2) is 3.57. The molecule has 80 valence electrons. The van der Waals surface area contributed by atoms with Gasteiger partial charge in [0.25, 0.3) is 0 Å². The molecule has 0 spiro atoms. The van der Waals surface area contributed by atoms with Gasteiger partial charge in [0, 0.05) is 11.1 Å². The molecule has 0 unspecified atom stereocenters. The molecule has 0 saturated carbocycles. The van der Waals surface area contributed by atoms with Crippen molar-refractivity contribution in [2.75, 3.05) is 13.6 Å². The molecule has 0 bridgehead atoms. The van der Waals surface area contributed by atoms with E-state index in [1.807, 2.05) is 25.1 Å². The van der Waals surface area contributed by atoms with Gasteiger partial charge in [-0.05, 0) is 6.92 Å². The van der Waals surface area contributed by atoms with Crippen LogP contribution in [-0.2, 0) is 18.9 Å². The minimum Gasteiger partial charge on any atom is -0.322 e. The van der Waals surface area contributed by atoms with Crippen molar-refractivity contribution in [3.63, 3.8) is 0 Å². The number of hydrogen-bond donors (Lipinski definition) is 0. The average Bonchev–Trinajstić information content (AvgIpc) is 2.03.